The molecule has 0 saturated heterocycles. The van der Waals surface area contributed by atoms with E-state index >= 15 is 0 Å². The molecule has 0 nitrogen and oxygen atoms in total. The van der Waals surface area contributed by atoms with Crippen LogP contribution in [0.15, 0.2) is 60.7 Å². The van der Waals surface area contributed by atoms with Gasteiger partial charge in [-0.25, -0.2) is 0 Å². The van der Waals surface area contributed by atoms with Gasteiger partial charge in [0, 0.05) is 0 Å². The maximum Gasteiger partial charge on any atom is -0.0219 e. The summed E-state index contributed by atoms with van der Waals surface area (Å²) >= 11 is 0. The van der Waals surface area contributed by atoms with E-state index in [0.29, 0.717) is 11.8 Å². The minimum atomic E-state index is 0.659. The van der Waals surface area contributed by atoms with Gasteiger partial charge in [-0.15, -0.1) is 0 Å². The summed E-state index contributed by atoms with van der Waals surface area (Å²) in [6.45, 7) is 64.9. The van der Waals surface area contributed by atoms with E-state index in [1.807, 2.05) is 95.2 Å². The van der Waals surface area contributed by atoms with Gasteiger partial charge in [-0.05, 0) is 82.1 Å². The van der Waals surface area contributed by atoms with Crippen molar-refractivity contribution in [3.8, 4) is 0 Å². The Bertz CT molecular complexity index is 1030. The second kappa shape index (κ2) is 71.4. The van der Waals surface area contributed by atoms with Crippen molar-refractivity contribution in [2.45, 2.75) is 348 Å². The van der Waals surface area contributed by atoms with Gasteiger partial charge in [0.05, 0.1) is 0 Å². The Kier molecular flexibility index (Phi) is 86.0. The van der Waals surface area contributed by atoms with Gasteiger partial charge in [0.2, 0.25) is 0 Å². The van der Waals surface area contributed by atoms with Crippen LogP contribution in [-0.2, 0) is 0 Å². The summed E-state index contributed by atoms with van der Waals surface area (Å²) in [4.78, 5) is 0. The maximum atomic E-state index is 2.36. The Morgan fingerprint density at radius 2 is 0.419 bits per heavy atom. The predicted octanol–water partition coefficient (Wildman–Crippen LogP) is 28.0. The predicted molar refractivity (Wildman–Crippen MR) is 356 cm³/mol. The van der Waals surface area contributed by atoms with Crippen LogP contribution >= 0.6 is 0 Å². The molecule has 0 heteroatoms. The van der Waals surface area contributed by atoms with Gasteiger partial charge < -0.3 is 0 Å². The molecule has 4 saturated carbocycles. The zero-order valence-corrected chi connectivity index (χ0v) is 57.8. The van der Waals surface area contributed by atoms with E-state index < -0.39 is 0 Å². The fourth-order valence-electron chi connectivity index (χ4n) is 8.53. The molecule has 6 rings (SSSR count). The van der Waals surface area contributed by atoms with Gasteiger partial charge in [0.1, 0.15) is 0 Å². The van der Waals surface area contributed by atoms with E-state index in [9.17, 15) is 0 Å². The Morgan fingerprint density at radius 3 is 0.514 bits per heavy atom. The minimum absolute atomic E-state index is 0.659. The molecule has 4 aliphatic carbocycles. The minimum Gasteiger partial charge on any atom is -0.0683 e. The molecule has 2 aromatic rings. The summed E-state index contributed by atoms with van der Waals surface area (Å²) in [6, 6.07) is 21.0. The third-order valence-corrected chi connectivity index (χ3v) is 14.4. The summed E-state index contributed by atoms with van der Waals surface area (Å²) < 4.78 is 0. The van der Waals surface area contributed by atoms with Crippen LogP contribution in [0.1, 0.15) is 359 Å². The molecule has 0 bridgehead atoms. The lowest BCUT2D eigenvalue weighted by Crippen LogP contribution is -2.12. The first-order valence-electron chi connectivity index (χ1n) is 33.5. The van der Waals surface area contributed by atoms with E-state index in [-0.39, 0.29) is 0 Å². The van der Waals surface area contributed by atoms with E-state index in [1.54, 1.807) is 0 Å². The highest BCUT2D eigenvalue weighted by Crippen LogP contribution is 2.32. The van der Waals surface area contributed by atoms with Crippen LogP contribution in [0.4, 0.5) is 0 Å². The van der Waals surface area contributed by atoms with Crippen molar-refractivity contribution in [2.75, 3.05) is 0 Å². The van der Waals surface area contributed by atoms with Crippen molar-refractivity contribution in [3.05, 3.63) is 71.8 Å². The molecule has 0 heterocycles. The standard InChI is InChI=1S/2C9H18.2C9H12.2C8H16.2C5H12.6C2H6/c4*1-8(2)9-6-4-3-5-7-9;2*1-7(2)8-5-3-4-6-8;2*1-4-5(2)3;6*1-2/h2*8-9H,3-7H2,1-2H3;2*3-8H,1-2H3;2*7-8H,3-6H2,1-2H3;2*5H,4H2,1-3H3;6*1-2H3. The van der Waals surface area contributed by atoms with Crippen LogP contribution in [0.2, 0.25) is 0 Å². The molecule has 0 amide bonds. The Hall–Kier alpha value is -1.56. The molecule has 4 aliphatic rings. The zero-order chi connectivity index (χ0) is 59.3. The molecular weight excluding hydrogens is 889 g/mol. The molecule has 4 fully saturated rings. The fraction of sp³-hybridized carbons (Fsp3) is 0.838. The first kappa shape index (κ1) is 89.0. The van der Waals surface area contributed by atoms with Crippen LogP contribution in [0.5, 0.6) is 0 Å². The smallest absolute Gasteiger partial charge is 0.0219 e. The maximum absolute atomic E-state index is 2.36. The largest absolute Gasteiger partial charge is 0.0683 e. The summed E-state index contributed by atoms with van der Waals surface area (Å²) in [5, 5.41) is 0. The molecule has 0 N–H and O–H groups in total. The topological polar surface area (TPSA) is 0 Å². The zero-order valence-electron chi connectivity index (χ0n) is 57.8. The Labute approximate surface area is 476 Å². The van der Waals surface area contributed by atoms with Gasteiger partial charge in [0.15, 0.2) is 0 Å². The monoisotopic (exact) mass is 1040 g/mol. The van der Waals surface area contributed by atoms with Crippen LogP contribution in [0.3, 0.4) is 0 Å². The van der Waals surface area contributed by atoms with Crippen LogP contribution in [0.25, 0.3) is 0 Å². The van der Waals surface area contributed by atoms with Crippen molar-refractivity contribution < 1.29 is 0 Å². The summed E-state index contributed by atoms with van der Waals surface area (Å²) in [7, 11) is 0. The molecule has 0 atom stereocenters. The van der Waals surface area contributed by atoms with Gasteiger partial charge in [-0.3, -0.25) is 0 Å². The number of rotatable bonds is 8. The summed E-state index contributed by atoms with van der Waals surface area (Å²) in [6.07, 6.45) is 29.5. The second-order valence-corrected chi connectivity index (χ2v) is 22.6. The Balaban J connectivity index is -0.000000110. The van der Waals surface area contributed by atoms with Crippen LogP contribution in [0, 0.1) is 59.2 Å². The fourth-order valence-corrected chi connectivity index (χ4v) is 8.53. The van der Waals surface area contributed by atoms with E-state index in [4.69, 9.17) is 0 Å². The third kappa shape index (κ3) is 64.7. The summed E-state index contributed by atoms with van der Waals surface area (Å²) in [5.41, 5.74) is 2.83. The third-order valence-electron chi connectivity index (χ3n) is 14.4. The molecule has 0 aromatic heterocycles. The molecule has 0 radical (unpaired) electrons. The van der Waals surface area contributed by atoms with E-state index in [1.165, 1.54) is 140 Å². The second-order valence-electron chi connectivity index (χ2n) is 22.6. The average molecular weight is 1040 g/mol. The van der Waals surface area contributed by atoms with E-state index in [2.05, 4.69) is 173 Å². The highest BCUT2D eigenvalue weighted by Gasteiger charge is 2.19. The van der Waals surface area contributed by atoms with Crippen LogP contribution in [-0.4, -0.2) is 0 Å². The van der Waals surface area contributed by atoms with Gasteiger partial charge in [-0.1, -0.05) is 397 Å². The highest BCUT2D eigenvalue weighted by atomic mass is 14.2. The highest BCUT2D eigenvalue weighted by molar-refractivity contribution is 5.18. The molecule has 0 spiro atoms. The SMILES string of the molecule is CC.CC.CC.CC.CC.CC.CC(C)C1CCCC1.CC(C)C1CCCC1.CC(C)C1CCCCC1.CC(C)C1CCCCC1.CC(C)c1ccccc1.CC(C)c1ccccc1.CCC(C)C.CCC(C)C. The molecule has 2 aromatic carbocycles. The first-order valence-corrected chi connectivity index (χ1v) is 33.5. The van der Waals surface area contributed by atoms with Gasteiger partial charge >= 0.3 is 0 Å². The molecule has 448 valence electrons. The molecular formula is C74H152. The lowest BCUT2D eigenvalue weighted by atomic mass is 9.82. The van der Waals surface area contributed by atoms with Crippen molar-refractivity contribution in [1.82, 2.24) is 0 Å². The average Bonchev–Trinajstić information content (AvgIpc) is 4.22. The summed E-state index contributed by atoms with van der Waals surface area (Å²) in [5.74, 6) is 11.1. The van der Waals surface area contributed by atoms with Crippen molar-refractivity contribution >= 4 is 0 Å². The molecule has 0 aliphatic heterocycles. The van der Waals surface area contributed by atoms with Gasteiger partial charge in [0.25, 0.3) is 0 Å². The molecule has 74 heavy (non-hydrogen) atoms. The normalized spacial score (nSPS) is 14.8. The van der Waals surface area contributed by atoms with Gasteiger partial charge in [-0.2, -0.15) is 0 Å². The number of hydrogen-bond donors (Lipinski definition) is 0. The Morgan fingerprint density at radius 1 is 0.270 bits per heavy atom. The number of hydrogen-bond acceptors (Lipinski definition) is 0. The lowest BCUT2D eigenvalue weighted by molar-refractivity contribution is 0.279. The quantitative estimate of drug-likeness (QED) is 0.247. The lowest BCUT2D eigenvalue weighted by Gasteiger charge is -2.24. The van der Waals surface area contributed by atoms with Crippen LogP contribution < -0.4 is 0 Å². The van der Waals surface area contributed by atoms with Crippen molar-refractivity contribution in [2.24, 2.45) is 59.2 Å². The van der Waals surface area contributed by atoms with Crippen molar-refractivity contribution in [3.63, 3.8) is 0 Å². The first-order chi connectivity index (χ1) is 35.4. The molecule has 0 unspecified atom stereocenters. The number of benzene rings is 2. The van der Waals surface area contributed by atoms with E-state index in [0.717, 1.165) is 59.2 Å². The van der Waals surface area contributed by atoms with Crippen molar-refractivity contribution in [1.29, 1.82) is 0 Å².